The summed E-state index contributed by atoms with van der Waals surface area (Å²) in [5.41, 5.74) is 5.35. The molecule has 0 aliphatic carbocycles. The standard InChI is InChI=1S/C13H27NO2/c1-5-6-7-8-9-13(4,10-11(15)16)12(2,3)14/h5-10,14H2,1-4H3,(H,15,16). The Morgan fingerprint density at radius 2 is 1.75 bits per heavy atom. The first-order valence-electron chi connectivity index (χ1n) is 6.23. The third kappa shape index (κ3) is 4.97. The minimum atomic E-state index is -0.753. The van der Waals surface area contributed by atoms with Gasteiger partial charge in [-0.3, -0.25) is 4.79 Å². The topological polar surface area (TPSA) is 63.3 Å². The van der Waals surface area contributed by atoms with E-state index in [0.29, 0.717) is 0 Å². The number of unbranched alkanes of at least 4 members (excludes halogenated alkanes) is 3. The first-order valence-corrected chi connectivity index (χ1v) is 6.23. The van der Waals surface area contributed by atoms with Crippen molar-refractivity contribution in [2.24, 2.45) is 11.1 Å². The van der Waals surface area contributed by atoms with Gasteiger partial charge < -0.3 is 10.8 Å². The molecule has 0 amide bonds. The SMILES string of the molecule is CCCCCCC(C)(CC(=O)O)C(C)(C)N. The number of carboxylic acids is 1. The lowest BCUT2D eigenvalue weighted by atomic mass is 9.68. The summed E-state index contributed by atoms with van der Waals surface area (Å²) in [6.07, 6.45) is 5.70. The lowest BCUT2D eigenvalue weighted by Gasteiger charge is -2.41. The molecule has 0 heterocycles. The van der Waals surface area contributed by atoms with Crippen LogP contribution in [0.25, 0.3) is 0 Å². The minimum absolute atomic E-state index is 0.155. The maximum absolute atomic E-state index is 10.9. The van der Waals surface area contributed by atoms with Crippen LogP contribution in [0.5, 0.6) is 0 Å². The van der Waals surface area contributed by atoms with Gasteiger partial charge in [0.2, 0.25) is 0 Å². The van der Waals surface area contributed by atoms with Crippen molar-refractivity contribution in [1.82, 2.24) is 0 Å². The van der Waals surface area contributed by atoms with Gasteiger partial charge in [-0.15, -0.1) is 0 Å². The summed E-state index contributed by atoms with van der Waals surface area (Å²) in [5, 5.41) is 8.96. The molecule has 0 aromatic carbocycles. The van der Waals surface area contributed by atoms with Crippen LogP contribution in [0.2, 0.25) is 0 Å². The Morgan fingerprint density at radius 1 is 1.19 bits per heavy atom. The predicted molar refractivity (Wildman–Crippen MR) is 67.4 cm³/mol. The van der Waals surface area contributed by atoms with E-state index in [0.717, 1.165) is 12.8 Å². The molecule has 96 valence electrons. The molecule has 3 heteroatoms. The Bertz CT molecular complexity index is 220. The zero-order valence-electron chi connectivity index (χ0n) is 11.2. The number of hydrogen-bond donors (Lipinski definition) is 2. The van der Waals surface area contributed by atoms with Gasteiger partial charge in [0.25, 0.3) is 0 Å². The summed E-state index contributed by atoms with van der Waals surface area (Å²) in [7, 11) is 0. The van der Waals surface area contributed by atoms with Crippen LogP contribution in [-0.2, 0) is 4.79 Å². The normalized spacial score (nSPS) is 15.8. The van der Waals surface area contributed by atoms with Gasteiger partial charge in [0, 0.05) is 5.54 Å². The van der Waals surface area contributed by atoms with Crippen LogP contribution in [0.4, 0.5) is 0 Å². The fraction of sp³-hybridized carbons (Fsp3) is 0.923. The zero-order valence-corrected chi connectivity index (χ0v) is 11.2. The minimum Gasteiger partial charge on any atom is -0.481 e. The summed E-state index contributed by atoms with van der Waals surface area (Å²) >= 11 is 0. The van der Waals surface area contributed by atoms with E-state index in [2.05, 4.69) is 6.92 Å². The monoisotopic (exact) mass is 229 g/mol. The zero-order chi connectivity index (χ0) is 12.8. The van der Waals surface area contributed by atoms with Crippen molar-refractivity contribution in [3.8, 4) is 0 Å². The van der Waals surface area contributed by atoms with E-state index in [1.165, 1.54) is 19.3 Å². The molecule has 0 rings (SSSR count). The third-order valence-corrected chi connectivity index (χ3v) is 3.68. The molecule has 0 aromatic heterocycles. The molecule has 3 nitrogen and oxygen atoms in total. The van der Waals surface area contributed by atoms with Crippen molar-refractivity contribution in [3.05, 3.63) is 0 Å². The summed E-state index contributed by atoms with van der Waals surface area (Å²) in [4.78, 5) is 10.9. The van der Waals surface area contributed by atoms with Gasteiger partial charge in [-0.05, 0) is 25.7 Å². The molecule has 1 unspecified atom stereocenters. The highest BCUT2D eigenvalue weighted by Gasteiger charge is 2.39. The molecule has 0 aromatic rings. The van der Waals surface area contributed by atoms with Crippen LogP contribution in [0.15, 0.2) is 0 Å². The molecular weight excluding hydrogens is 202 g/mol. The van der Waals surface area contributed by atoms with E-state index in [9.17, 15) is 4.79 Å². The molecule has 0 bridgehead atoms. The number of carboxylic acid groups (broad SMARTS) is 1. The molecular formula is C13H27NO2. The van der Waals surface area contributed by atoms with Gasteiger partial charge >= 0.3 is 5.97 Å². The fourth-order valence-corrected chi connectivity index (χ4v) is 1.91. The van der Waals surface area contributed by atoms with Gasteiger partial charge in [-0.1, -0.05) is 39.5 Å². The van der Waals surface area contributed by atoms with Crippen molar-refractivity contribution >= 4 is 5.97 Å². The largest absolute Gasteiger partial charge is 0.481 e. The molecule has 0 saturated carbocycles. The summed E-state index contributed by atoms with van der Waals surface area (Å²) in [6.45, 7) is 8.02. The summed E-state index contributed by atoms with van der Waals surface area (Å²) < 4.78 is 0. The fourth-order valence-electron chi connectivity index (χ4n) is 1.91. The average molecular weight is 229 g/mol. The molecule has 16 heavy (non-hydrogen) atoms. The molecule has 0 radical (unpaired) electrons. The number of hydrogen-bond acceptors (Lipinski definition) is 2. The van der Waals surface area contributed by atoms with Crippen molar-refractivity contribution in [2.45, 2.75) is 71.8 Å². The molecule has 0 aliphatic heterocycles. The number of carbonyl (C=O) groups is 1. The first kappa shape index (κ1) is 15.4. The van der Waals surface area contributed by atoms with E-state index >= 15 is 0 Å². The van der Waals surface area contributed by atoms with Crippen LogP contribution in [-0.4, -0.2) is 16.6 Å². The van der Waals surface area contributed by atoms with Crippen LogP contribution in [0.3, 0.4) is 0 Å². The number of rotatable bonds is 8. The average Bonchev–Trinajstić information content (AvgIpc) is 2.09. The Hall–Kier alpha value is -0.570. The highest BCUT2D eigenvalue weighted by atomic mass is 16.4. The molecule has 0 aliphatic rings. The maximum atomic E-state index is 10.9. The second-order valence-corrected chi connectivity index (χ2v) is 5.66. The number of nitrogens with two attached hydrogens (primary N) is 1. The van der Waals surface area contributed by atoms with Crippen molar-refractivity contribution in [3.63, 3.8) is 0 Å². The van der Waals surface area contributed by atoms with Crippen LogP contribution < -0.4 is 5.73 Å². The summed E-state index contributed by atoms with van der Waals surface area (Å²) in [6, 6.07) is 0. The predicted octanol–water partition coefficient (Wildman–Crippen LogP) is 3.18. The highest BCUT2D eigenvalue weighted by molar-refractivity contribution is 5.67. The Morgan fingerprint density at radius 3 is 2.12 bits per heavy atom. The van der Waals surface area contributed by atoms with E-state index in [-0.39, 0.29) is 11.8 Å². The highest BCUT2D eigenvalue weighted by Crippen LogP contribution is 2.38. The van der Waals surface area contributed by atoms with Gasteiger partial charge in [0.05, 0.1) is 6.42 Å². The van der Waals surface area contributed by atoms with Gasteiger partial charge in [-0.2, -0.15) is 0 Å². The van der Waals surface area contributed by atoms with Crippen molar-refractivity contribution < 1.29 is 9.90 Å². The van der Waals surface area contributed by atoms with Crippen molar-refractivity contribution in [2.75, 3.05) is 0 Å². The van der Waals surface area contributed by atoms with Crippen LogP contribution >= 0.6 is 0 Å². The smallest absolute Gasteiger partial charge is 0.303 e. The van der Waals surface area contributed by atoms with Crippen LogP contribution in [0, 0.1) is 5.41 Å². The quantitative estimate of drug-likeness (QED) is 0.628. The maximum Gasteiger partial charge on any atom is 0.303 e. The van der Waals surface area contributed by atoms with E-state index in [1.54, 1.807) is 0 Å². The lowest BCUT2D eigenvalue weighted by Crippen LogP contribution is -2.50. The Labute approximate surface area is 99.4 Å². The lowest BCUT2D eigenvalue weighted by molar-refractivity contribution is -0.140. The summed E-state index contributed by atoms with van der Waals surface area (Å²) in [5.74, 6) is -0.753. The second kappa shape index (κ2) is 6.24. The molecule has 1 atom stereocenters. The third-order valence-electron chi connectivity index (χ3n) is 3.68. The Kier molecular flexibility index (Phi) is 6.01. The Balaban J connectivity index is 4.37. The van der Waals surface area contributed by atoms with Gasteiger partial charge in [-0.25, -0.2) is 0 Å². The van der Waals surface area contributed by atoms with Gasteiger partial charge in [0.1, 0.15) is 0 Å². The number of aliphatic carboxylic acids is 1. The van der Waals surface area contributed by atoms with E-state index in [1.807, 2.05) is 20.8 Å². The van der Waals surface area contributed by atoms with E-state index < -0.39 is 11.5 Å². The molecule has 0 saturated heterocycles. The first-order chi connectivity index (χ1) is 7.23. The molecule has 3 N–H and O–H groups in total. The molecule has 0 fully saturated rings. The molecule has 0 spiro atoms. The van der Waals surface area contributed by atoms with Crippen molar-refractivity contribution in [1.29, 1.82) is 0 Å². The van der Waals surface area contributed by atoms with E-state index in [4.69, 9.17) is 10.8 Å². The van der Waals surface area contributed by atoms with Crippen LogP contribution in [0.1, 0.15) is 66.2 Å². The van der Waals surface area contributed by atoms with Gasteiger partial charge in [0.15, 0.2) is 0 Å². The second-order valence-electron chi connectivity index (χ2n) is 5.66.